The first-order valence-corrected chi connectivity index (χ1v) is 5.20. The molecule has 3 atom stereocenters. The Morgan fingerprint density at radius 1 is 1.85 bits per heavy atom. The molecule has 1 saturated carbocycles. The first-order chi connectivity index (χ1) is 6.18. The van der Waals surface area contributed by atoms with E-state index in [1.165, 1.54) is 0 Å². The van der Waals surface area contributed by atoms with Crippen molar-refractivity contribution < 1.29 is 4.39 Å². The summed E-state index contributed by atoms with van der Waals surface area (Å²) in [7, 11) is 0. The zero-order valence-electron chi connectivity index (χ0n) is 7.46. The molecule has 0 amide bonds. The zero-order chi connectivity index (χ0) is 9.47. The van der Waals surface area contributed by atoms with Crippen molar-refractivity contribution in [3.05, 3.63) is 22.4 Å². The molecule has 72 valence electrons. The molecule has 1 aromatic rings. The van der Waals surface area contributed by atoms with E-state index in [9.17, 15) is 4.39 Å². The van der Waals surface area contributed by atoms with E-state index in [-0.39, 0.29) is 11.5 Å². The van der Waals surface area contributed by atoms with E-state index >= 15 is 0 Å². The normalized spacial score (nSPS) is 34.5. The molecule has 4 heteroatoms. The number of hydrogen-bond donors (Lipinski definition) is 2. The second-order valence-electron chi connectivity index (χ2n) is 3.79. The van der Waals surface area contributed by atoms with Gasteiger partial charge in [0.15, 0.2) is 0 Å². The fourth-order valence-electron chi connectivity index (χ4n) is 1.68. The summed E-state index contributed by atoms with van der Waals surface area (Å²) in [5.74, 6) is 5.44. The first kappa shape index (κ1) is 9.12. The molecule has 1 aromatic heterocycles. The highest BCUT2D eigenvalue weighted by Crippen LogP contribution is 2.56. The molecule has 1 heterocycles. The topological polar surface area (TPSA) is 38.0 Å². The number of nitrogens with one attached hydrogen (secondary N) is 1. The third-order valence-electron chi connectivity index (χ3n) is 2.83. The molecule has 0 radical (unpaired) electrons. The van der Waals surface area contributed by atoms with Crippen LogP contribution in [-0.2, 0) is 0 Å². The van der Waals surface area contributed by atoms with Crippen LogP contribution in [0.15, 0.2) is 17.5 Å². The van der Waals surface area contributed by atoms with Crippen LogP contribution in [0.3, 0.4) is 0 Å². The van der Waals surface area contributed by atoms with Crippen molar-refractivity contribution in [3.8, 4) is 0 Å². The van der Waals surface area contributed by atoms with Crippen LogP contribution >= 0.6 is 11.3 Å². The maximum atomic E-state index is 13.1. The lowest BCUT2D eigenvalue weighted by atomic mass is 9.98. The van der Waals surface area contributed by atoms with Crippen molar-refractivity contribution in [3.63, 3.8) is 0 Å². The van der Waals surface area contributed by atoms with Gasteiger partial charge < -0.3 is 0 Å². The Balaban J connectivity index is 2.20. The van der Waals surface area contributed by atoms with Gasteiger partial charge >= 0.3 is 0 Å². The van der Waals surface area contributed by atoms with Crippen molar-refractivity contribution >= 4 is 11.3 Å². The van der Waals surface area contributed by atoms with E-state index in [4.69, 9.17) is 5.84 Å². The summed E-state index contributed by atoms with van der Waals surface area (Å²) in [5, 5.41) is 1.98. The number of nitrogens with two attached hydrogens (primary N) is 1. The lowest BCUT2D eigenvalue weighted by Gasteiger charge is -2.21. The summed E-state index contributed by atoms with van der Waals surface area (Å²) in [4.78, 5) is 1.12. The van der Waals surface area contributed by atoms with Crippen LogP contribution in [0.4, 0.5) is 4.39 Å². The van der Waals surface area contributed by atoms with Gasteiger partial charge in [-0.15, -0.1) is 11.3 Å². The molecule has 1 aliphatic carbocycles. The van der Waals surface area contributed by atoms with Crippen molar-refractivity contribution in [2.24, 2.45) is 11.3 Å². The fraction of sp³-hybridized carbons (Fsp3) is 0.556. The Kier molecular flexibility index (Phi) is 2.14. The van der Waals surface area contributed by atoms with Crippen LogP contribution in [0.2, 0.25) is 0 Å². The lowest BCUT2D eigenvalue weighted by molar-refractivity contribution is 0.298. The van der Waals surface area contributed by atoms with Gasteiger partial charge in [0.2, 0.25) is 0 Å². The first-order valence-electron chi connectivity index (χ1n) is 4.32. The molecule has 1 aliphatic rings. The second kappa shape index (κ2) is 3.04. The van der Waals surface area contributed by atoms with E-state index in [1.54, 1.807) is 11.3 Å². The standard InChI is InChI=1S/C9H13FN2S/c1-9(5-7(9)10)8(12-11)6-3-2-4-13-6/h2-4,7-8,12H,5,11H2,1H3. The van der Waals surface area contributed by atoms with Crippen LogP contribution in [0, 0.1) is 5.41 Å². The summed E-state index contributed by atoms with van der Waals surface area (Å²) in [6, 6.07) is 3.91. The summed E-state index contributed by atoms with van der Waals surface area (Å²) >= 11 is 1.62. The van der Waals surface area contributed by atoms with Gasteiger partial charge in [-0.05, 0) is 17.9 Å². The smallest absolute Gasteiger partial charge is 0.108 e. The zero-order valence-corrected chi connectivity index (χ0v) is 8.27. The monoisotopic (exact) mass is 200 g/mol. The lowest BCUT2D eigenvalue weighted by Crippen LogP contribution is -2.34. The van der Waals surface area contributed by atoms with Crippen molar-refractivity contribution in [1.29, 1.82) is 0 Å². The highest BCUT2D eigenvalue weighted by Gasteiger charge is 2.56. The number of rotatable bonds is 3. The average Bonchev–Trinajstić information content (AvgIpc) is 2.56. The molecule has 2 nitrogen and oxygen atoms in total. The molecule has 3 unspecified atom stereocenters. The Morgan fingerprint density at radius 2 is 2.54 bits per heavy atom. The molecular weight excluding hydrogens is 187 g/mol. The summed E-state index contributed by atoms with van der Waals surface area (Å²) in [5.41, 5.74) is 2.42. The highest BCUT2D eigenvalue weighted by atomic mass is 32.1. The second-order valence-corrected chi connectivity index (χ2v) is 4.77. The van der Waals surface area contributed by atoms with Gasteiger partial charge in [0, 0.05) is 10.3 Å². The van der Waals surface area contributed by atoms with Gasteiger partial charge in [0.25, 0.3) is 0 Å². The minimum absolute atomic E-state index is 0.0394. The predicted octanol–water partition coefficient (Wildman–Crippen LogP) is 2.00. The minimum Gasteiger partial charge on any atom is -0.271 e. The number of halogens is 1. The van der Waals surface area contributed by atoms with E-state index in [2.05, 4.69) is 5.43 Å². The molecule has 1 fully saturated rings. The van der Waals surface area contributed by atoms with Gasteiger partial charge in [-0.25, -0.2) is 4.39 Å². The molecule has 0 saturated heterocycles. The third kappa shape index (κ3) is 1.39. The van der Waals surface area contributed by atoms with Crippen LogP contribution in [0.25, 0.3) is 0 Å². The molecular formula is C9H13FN2S. The molecule has 3 N–H and O–H groups in total. The summed E-state index contributed by atoms with van der Waals surface area (Å²) in [6.07, 6.45) is -0.101. The Bertz CT molecular complexity index is 288. The number of thiophene rings is 1. The highest BCUT2D eigenvalue weighted by molar-refractivity contribution is 7.10. The fourth-order valence-corrected chi connectivity index (χ4v) is 2.62. The minimum atomic E-state index is -0.712. The third-order valence-corrected chi connectivity index (χ3v) is 3.77. The molecule has 2 rings (SSSR count). The Morgan fingerprint density at radius 3 is 2.92 bits per heavy atom. The van der Waals surface area contributed by atoms with Crippen molar-refractivity contribution in [2.75, 3.05) is 0 Å². The van der Waals surface area contributed by atoms with Gasteiger partial charge in [0.1, 0.15) is 6.17 Å². The van der Waals surface area contributed by atoms with Crippen molar-refractivity contribution in [1.82, 2.24) is 5.43 Å². The van der Waals surface area contributed by atoms with Crippen LogP contribution in [-0.4, -0.2) is 6.17 Å². The maximum Gasteiger partial charge on any atom is 0.108 e. The van der Waals surface area contributed by atoms with Crippen molar-refractivity contribution in [2.45, 2.75) is 25.6 Å². The van der Waals surface area contributed by atoms with E-state index < -0.39 is 6.17 Å². The molecule has 0 spiro atoms. The quantitative estimate of drug-likeness (QED) is 0.578. The van der Waals surface area contributed by atoms with Crippen LogP contribution in [0.5, 0.6) is 0 Å². The predicted molar refractivity (Wildman–Crippen MR) is 52.0 cm³/mol. The van der Waals surface area contributed by atoms with Gasteiger partial charge in [0.05, 0.1) is 6.04 Å². The van der Waals surface area contributed by atoms with Crippen LogP contribution < -0.4 is 11.3 Å². The number of hydrazine groups is 1. The van der Waals surface area contributed by atoms with Gasteiger partial charge in [-0.1, -0.05) is 13.0 Å². The van der Waals surface area contributed by atoms with Gasteiger partial charge in [-0.2, -0.15) is 0 Å². The largest absolute Gasteiger partial charge is 0.271 e. The summed E-state index contributed by atoms with van der Waals surface area (Å²) < 4.78 is 13.1. The molecule has 0 bridgehead atoms. The van der Waals surface area contributed by atoms with E-state index in [1.807, 2.05) is 24.4 Å². The maximum absolute atomic E-state index is 13.1. The Hall–Kier alpha value is -0.450. The number of alkyl halides is 1. The summed E-state index contributed by atoms with van der Waals surface area (Å²) in [6.45, 7) is 1.93. The molecule has 0 aliphatic heterocycles. The SMILES string of the molecule is CC1(C(NN)c2cccs2)CC1F. The average molecular weight is 200 g/mol. The van der Waals surface area contributed by atoms with E-state index in [0.717, 1.165) is 4.88 Å². The van der Waals surface area contributed by atoms with E-state index in [0.29, 0.717) is 6.42 Å². The Labute approximate surface area is 80.9 Å². The van der Waals surface area contributed by atoms with Gasteiger partial charge in [-0.3, -0.25) is 11.3 Å². The molecule has 13 heavy (non-hydrogen) atoms. The van der Waals surface area contributed by atoms with Crippen LogP contribution in [0.1, 0.15) is 24.3 Å². The molecule has 0 aromatic carbocycles. The number of hydrogen-bond acceptors (Lipinski definition) is 3.